The molecule has 2 heteroatoms. The van der Waals surface area contributed by atoms with E-state index in [0.29, 0.717) is 5.92 Å². The first-order valence-corrected chi connectivity index (χ1v) is 5.94. The zero-order chi connectivity index (χ0) is 11.7. The average molecular weight is 216 g/mol. The summed E-state index contributed by atoms with van der Waals surface area (Å²) in [4.78, 5) is 0. The summed E-state index contributed by atoms with van der Waals surface area (Å²) in [5.41, 5.74) is 9.95. The highest BCUT2D eigenvalue weighted by Gasteiger charge is 2.17. The predicted molar refractivity (Wildman–Crippen MR) is 69.7 cm³/mol. The lowest BCUT2D eigenvalue weighted by Crippen LogP contribution is -2.15. The van der Waals surface area contributed by atoms with Gasteiger partial charge in [0.15, 0.2) is 0 Å². The number of fused-ring (bicyclic) bond motifs is 1. The molecule has 1 aromatic heterocycles. The van der Waals surface area contributed by atoms with E-state index >= 15 is 0 Å². The standard InChI is InChI=1S/C14H20N2/c1-4-11(9-15)14-10(2)12-7-5-6-8-13(12)16(14)3/h5-8,11H,4,9,15H2,1-3H3. The zero-order valence-electron chi connectivity index (χ0n) is 10.3. The number of hydrogen-bond acceptors (Lipinski definition) is 1. The van der Waals surface area contributed by atoms with Crippen molar-refractivity contribution in [2.24, 2.45) is 12.8 Å². The maximum atomic E-state index is 5.86. The van der Waals surface area contributed by atoms with Gasteiger partial charge in [0.05, 0.1) is 0 Å². The van der Waals surface area contributed by atoms with E-state index in [1.807, 2.05) is 0 Å². The van der Waals surface area contributed by atoms with Crippen LogP contribution >= 0.6 is 0 Å². The van der Waals surface area contributed by atoms with Gasteiger partial charge < -0.3 is 10.3 Å². The molecule has 86 valence electrons. The van der Waals surface area contributed by atoms with Crippen molar-refractivity contribution in [2.45, 2.75) is 26.2 Å². The Bertz CT molecular complexity index is 454. The summed E-state index contributed by atoms with van der Waals surface area (Å²) in [7, 11) is 2.14. The normalized spacial score (nSPS) is 13.2. The van der Waals surface area contributed by atoms with Crippen LogP contribution in [0.15, 0.2) is 24.3 Å². The van der Waals surface area contributed by atoms with E-state index in [9.17, 15) is 0 Å². The van der Waals surface area contributed by atoms with Gasteiger partial charge in [0.25, 0.3) is 0 Å². The molecule has 0 fully saturated rings. The quantitative estimate of drug-likeness (QED) is 0.840. The Balaban J connectivity index is 2.70. The lowest BCUT2D eigenvalue weighted by atomic mass is 9.98. The Hall–Kier alpha value is -1.28. The third-order valence-corrected chi connectivity index (χ3v) is 3.58. The summed E-state index contributed by atoms with van der Waals surface area (Å²) in [6.45, 7) is 5.13. The van der Waals surface area contributed by atoms with Gasteiger partial charge in [-0.2, -0.15) is 0 Å². The van der Waals surface area contributed by atoms with Gasteiger partial charge in [-0.05, 0) is 25.0 Å². The highest BCUT2D eigenvalue weighted by molar-refractivity contribution is 5.85. The fraction of sp³-hybridized carbons (Fsp3) is 0.429. The van der Waals surface area contributed by atoms with Crippen LogP contribution in [0.4, 0.5) is 0 Å². The van der Waals surface area contributed by atoms with E-state index in [4.69, 9.17) is 5.73 Å². The molecule has 0 bridgehead atoms. The smallest absolute Gasteiger partial charge is 0.0482 e. The summed E-state index contributed by atoms with van der Waals surface area (Å²) in [6, 6.07) is 8.56. The average Bonchev–Trinajstić information content (AvgIpc) is 2.57. The minimum absolute atomic E-state index is 0.470. The number of aryl methyl sites for hydroxylation is 2. The molecule has 0 aliphatic carbocycles. The Kier molecular flexibility index (Phi) is 3.01. The lowest BCUT2D eigenvalue weighted by molar-refractivity contribution is 0.625. The number of para-hydroxylation sites is 1. The van der Waals surface area contributed by atoms with E-state index in [0.717, 1.165) is 13.0 Å². The number of nitrogens with two attached hydrogens (primary N) is 1. The molecule has 0 aliphatic heterocycles. The van der Waals surface area contributed by atoms with Gasteiger partial charge >= 0.3 is 0 Å². The molecular formula is C14H20N2. The van der Waals surface area contributed by atoms with Crippen LogP contribution in [0.25, 0.3) is 10.9 Å². The topological polar surface area (TPSA) is 30.9 Å². The number of aromatic nitrogens is 1. The molecule has 0 saturated carbocycles. The molecule has 0 saturated heterocycles. The first-order valence-electron chi connectivity index (χ1n) is 5.94. The van der Waals surface area contributed by atoms with Crippen LogP contribution in [0.3, 0.4) is 0 Å². The second kappa shape index (κ2) is 4.30. The maximum Gasteiger partial charge on any atom is 0.0482 e. The number of hydrogen-bond donors (Lipinski definition) is 1. The van der Waals surface area contributed by atoms with Crippen molar-refractivity contribution in [2.75, 3.05) is 6.54 Å². The first-order chi connectivity index (χ1) is 7.70. The van der Waals surface area contributed by atoms with Gasteiger partial charge in [-0.1, -0.05) is 25.1 Å². The largest absolute Gasteiger partial charge is 0.347 e. The molecule has 1 aromatic carbocycles. The van der Waals surface area contributed by atoms with Gasteiger partial charge in [0, 0.05) is 36.1 Å². The van der Waals surface area contributed by atoms with Crippen molar-refractivity contribution in [3.05, 3.63) is 35.5 Å². The van der Waals surface area contributed by atoms with E-state index in [1.165, 1.54) is 22.2 Å². The van der Waals surface area contributed by atoms with Gasteiger partial charge in [0.2, 0.25) is 0 Å². The van der Waals surface area contributed by atoms with Gasteiger partial charge in [-0.25, -0.2) is 0 Å². The van der Waals surface area contributed by atoms with Crippen molar-refractivity contribution in [3.63, 3.8) is 0 Å². The first kappa shape index (κ1) is 11.2. The minimum Gasteiger partial charge on any atom is -0.347 e. The van der Waals surface area contributed by atoms with E-state index in [1.54, 1.807) is 0 Å². The second-order valence-corrected chi connectivity index (χ2v) is 4.43. The van der Waals surface area contributed by atoms with Crippen molar-refractivity contribution in [3.8, 4) is 0 Å². The van der Waals surface area contributed by atoms with Crippen LogP contribution in [0, 0.1) is 6.92 Å². The van der Waals surface area contributed by atoms with Crippen LogP contribution in [-0.2, 0) is 7.05 Å². The molecule has 1 atom stereocenters. The predicted octanol–water partition coefficient (Wildman–Crippen LogP) is 2.94. The molecule has 2 aromatic rings. The Morgan fingerprint density at radius 3 is 2.56 bits per heavy atom. The van der Waals surface area contributed by atoms with Crippen molar-refractivity contribution in [1.29, 1.82) is 0 Å². The number of nitrogens with zero attached hydrogens (tertiary/aromatic N) is 1. The Morgan fingerprint density at radius 1 is 1.31 bits per heavy atom. The summed E-state index contributed by atoms with van der Waals surface area (Å²) in [5.74, 6) is 0.470. The SMILES string of the molecule is CCC(CN)c1c(C)c2ccccc2n1C. The summed E-state index contributed by atoms with van der Waals surface area (Å²) in [5, 5.41) is 1.35. The molecule has 0 spiro atoms. The molecule has 1 heterocycles. The fourth-order valence-corrected chi connectivity index (χ4v) is 2.65. The summed E-state index contributed by atoms with van der Waals surface area (Å²) >= 11 is 0. The maximum absolute atomic E-state index is 5.86. The summed E-state index contributed by atoms with van der Waals surface area (Å²) < 4.78 is 2.30. The number of rotatable bonds is 3. The lowest BCUT2D eigenvalue weighted by Gasteiger charge is -2.15. The van der Waals surface area contributed by atoms with Gasteiger partial charge in [0.1, 0.15) is 0 Å². The molecule has 2 N–H and O–H groups in total. The molecule has 0 aliphatic rings. The van der Waals surface area contributed by atoms with E-state index in [-0.39, 0.29) is 0 Å². The van der Waals surface area contributed by atoms with Crippen LogP contribution < -0.4 is 5.73 Å². The summed E-state index contributed by atoms with van der Waals surface area (Å²) in [6.07, 6.45) is 1.10. The number of benzene rings is 1. The van der Waals surface area contributed by atoms with Crippen molar-refractivity contribution < 1.29 is 0 Å². The van der Waals surface area contributed by atoms with Crippen molar-refractivity contribution in [1.82, 2.24) is 4.57 Å². The third-order valence-electron chi connectivity index (χ3n) is 3.58. The molecular weight excluding hydrogens is 196 g/mol. The van der Waals surface area contributed by atoms with Crippen LogP contribution in [0.2, 0.25) is 0 Å². The van der Waals surface area contributed by atoms with E-state index in [2.05, 4.69) is 49.7 Å². The highest BCUT2D eigenvalue weighted by atomic mass is 15.0. The zero-order valence-corrected chi connectivity index (χ0v) is 10.3. The molecule has 1 unspecified atom stereocenters. The highest BCUT2D eigenvalue weighted by Crippen LogP contribution is 2.30. The molecule has 2 nitrogen and oxygen atoms in total. The third kappa shape index (κ3) is 1.54. The second-order valence-electron chi connectivity index (χ2n) is 4.43. The Labute approximate surface area is 97.1 Å². The monoisotopic (exact) mass is 216 g/mol. The Morgan fingerprint density at radius 2 is 2.00 bits per heavy atom. The molecule has 0 radical (unpaired) electrons. The minimum atomic E-state index is 0.470. The molecule has 2 rings (SSSR count). The van der Waals surface area contributed by atoms with E-state index < -0.39 is 0 Å². The molecule has 16 heavy (non-hydrogen) atoms. The van der Waals surface area contributed by atoms with Crippen molar-refractivity contribution >= 4 is 10.9 Å². The fourth-order valence-electron chi connectivity index (χ4n) is 2.65. The van der Waals surface area contributed by atoms with Crippen LogP contribution in [0.1, 0.15) is 30.5 Å². The van der Waals surface area contributed by atoms with Crippen LogP contribution in [-0.4, -0.2) is 11.1 Å². The van der Waals surface area contributed by atoms with Gasteiger partial charge in [-0.15, -0.1) is 0 Å². The van der Waals surface area contributed by atoms with Crippen LogP contribution in [0.5, 0.6) is 0 Å². The van der Waals surface area contributed by atoms with Gasteiger partial charge in [-0.3, -0.25) is 0 Å². The molecule has 0 amide bonds.